The van der Waals surface area contributed by atoms with E-state index in [9.17, 15) is 4.57 Å². The summed E-state index contributed by atoms with van der Waals surface area (Å²) in [7, 11) is -3.66. The van der Waals surface area contributed by atoms with Crippen LogP contribution in [0.4, 0.5) is 0 Å². The van der Waals surface area contributed by atoms with Crippen molar-refractivity contribution in [3.8, 4) is 5.75 Å². The van der Waals surface area contributed by atoms with Crippen molar-refractivity contribution in [1.29, 1.82) is 0 Å². The molecule has 0 spiro atoms. The summed E-state index contributed by atoms with van der Waals surface area (Å²) in [5.41, 5.74) is 0. The number of phosphoric ester groups is 1. The van der Waals surface area contributed by atoms with E-state index in [0.29, 0.717) is 18.1 Å². The van der Waals surface area contributed by atoms with Gasteiger partial charge in [-0.05, 0) is 25.0 Å². The molecule has 0 amide bonds. The number of hydrogen-bond donors (Lipinski definition) is 0. The van der Waals surface area contributed by atoms with Crippen molar-refractivity contribution in [2.24, 2.45) is 0 Å². The van der Waals surface area contributed by atoms with E-state index in [1.165, 1.54) is 0 Å². The molecule has 1 unspecified atom stereocenters. The van der Waals surface area contributed by atoms with Crippen LogP contribution in [-0.2, 0) is 13.6 Å². The lowest BCUT2D eigenvalue weighted by Crippen LogP contribution is -2.05. The van der Waals surface area contributed by atoms with Crippen molar-refractivity contribution in [3.05, 3.63) is 41.9 Å². The first-order valence-electron chi connectivity index (χ1n) is 6.55. The monoisotopic (exact) mass is 318 g/mol. The molecule has 112 valence electrons. The third-order valence-electron chi connectivity index (χ3n) is 2.37. The molecule has 1 rings (SSSR count). The molecular weight excluding hydrogens is 299 g/mol. The predicted molar refractivity (Wildman–Crippen MR) is 81.3 cm³/mol. The van der Waals surface area contributed by atoms with E-state index in [0.717, 1.165) is 12.8 Å². The van der Waals surface area contributed by atoms with E-state index in [1.807, 2.05) is 6.92 Å². The Bertz CT molecular complexity index is 464. The Morgan fingerprint density at radius 3 is 2.65 bits per heavy atom. The van der Waals surface area contributed by atoms with Crippen LogP contribution in [0.5, 0.6) is 5.75 Å². The fourth-order valence-electron chi connectivity index (χ4n) is 1.30. The smallest absolute Gasteiger partial charge is 0.402 e. The minimum absolute atomic E-state index is 0.220. The van der Waals surface area contributed by atoms with E-state index in [2.05, 4.69) is 6.58 Å². The van der Waals surface area contributed by atoms with Crippen LogP contribution in [-0.4, -0.2) is 13.2 Å². The first-order valence-corrected chi connectivity index (χ1v) is 8.39. The minimum Gasteiger partial charge on any atom is -0.402 e. The molecule has 0 N–H and O–H groups in total. The molecule has 0 saturated heterocycles. The number of unbranched alkanes of at least 4 members (excludes halogenated alkanes) is 1. The molecule has 0 bridgehead atoms. The fraction of sp³-hybridized carbons (Fsp3) is 0.429. The molecule has 4 nitrogen and oxygen atoms in total. The standard InChI is InChI=1S/C14H20ClO4P/c1-3-5-11-17-20(16,18-12-6-4-2)19-14-10-8-7-9-13(14)15/h3,7-10H,1,4-6,11-12H2,2H3. The summed E-state index contributed by atoms with van der Waals surface area (Å²) >= 11 is 5.98. The van der Waals surface area contributed by atoms with Crippen molar-refractivity contribution in [2.75, 3.05) is 13.2 Å². The van der Waals surface area contributed by atoms with Crippen LogP contribution in [0.3, 0.4) is 0 Å². The fourth-order valence-corrected chi connectivity index (χ4v) is 2.79. The van der Waals surface area contributed by atoms with E-state index in [4.69, 9.17) is 25.2 Å². The number of para-hydroxylation sites is 1. The molecule has 1 aromatic rings. The van der Waals surface area contributed by atoms with Gasteiger partial charge >= 0.3 is 7.82 Å². The second-order valence-electron chi connectivity index (χ2n) is 4.07. The number of hydrogen-bond acceptors (Lipinski definition) is 4. The number of rotatable bonds is 10. The van der Waals surface area contributed by atoms with Crippen molar-refractivity contribution in [2.45, 2.75) is 26.2 Å². The van der Waals surface area contributed by atoms with Gasteiger partial charge in [0.15, 0.2) is 0 Å². The quantitative estimate of drug-likeness (QED) is 0.336. The lowest BCUT2D eigenvalue weighted by Gasteiger charge is -2.18. The molecule has 0 saturated carbocycles. The van der Waals surface area contributed by atoms with Gasteiger partial charge in [-0.3, -0.25) is 9.05 Å². The Hall–Kier alpha value is -0.800. The van der Waals surface area contributed by atoms with Gasteiger partial charge in [0.2, 0.25) is 0 Å². The highest BCUT2D eigenvalue weighted by atomic mass is 35.5. The van der Waals surface area contributed by atoms with Crippen LogP contribution in [0.25, 0.3) is 0 Å². The Kier molecular flexibility index (Phi) is 7.93. The largest absolute Gasteiger partial charge is 0.530 e. The maximum absolute atomic E-state index is 12.5. The predicted octanol–water partition coefficient (Wildman–Crippen LogP) is 5.24. The summed E-state index contributed by atoms with van der Waals surface area (Å²) in [6.45, 7) is 6.13. The SMILES string of the molecule is C=CCCOP(=O)(OCCCC)Oc1ccccc1Cl. The third kappa shape index (κ3) is 6.10. The summed E-state index contributed by atoms with van der Waals surface area (Å²) in [6.07, 6.45) is 3.94. The molecule has 0 heterocycles. The van der Waals surface area contributed by atoms with E-state index < -0.39 is 7.82 Å². The molecule has 1 aromatic carbocycles. The molecule has 6 heteroatoms. The van der Waals surface area contributed by atoms with Gasteiger partial charge in [-0.25, -0.2) is 4.57 Å². The molecule has 0 aliphatic rings. The van der Waals surface area contributed by atoms with E-state index in [1.54, 1.807) is 30.3 Å². The molecule has 0 aliphatic heterocycles. The molecular formula is C14H20ClO4P. The maximum atomic E-state index is 12.5. The average molecular weight is 319 g/mol. The topological polar surface area (TPSA) is 44.8 Å². The van der Waals surface area contributed by atoms with Crippen LogP contribution in [0.15, 0.2) is 36.9 Å². The second kappa shape index (κ2) is 9.19. The highest BCUT2D eigenvalue weighted by Crippen LogP contribution is 2.51. The lowest BCUT2D eigenvalue weighted by atomic mass is 10.3. The number of phosphoric acid groups is 1. The molecule has 20 heavy (non-hydrogen) atoms. The first kappa shape index (κ1) is 17.3. The van der Waals surface area contributed by atoms with Gasteiger partial charge in [0, 0.05) is 0 Å². The highest BCUT2D eigenvalue weighted by Gasteiger charge is 2.29. The van der Waals surface area contributed by atoms with Crippen molar-refractivity contribution < 1.29 is 18.1 Å². The van der Waals surface area contributed by atoms with Crippen LogP contribution < -0.4 is 4.52 Å². The molecule has 0 radical (unpaired) electrons. The van der Waals surface area contributed by atoms with Crippen LogP contribution in [0.1, 0.15) is 26.2 Å². The van der Waals surface area contributed by atoms with Gasteiger partial charge < -0.3 is 4.52 Å². The van der Waals surface area contributed by atoms with Gasteiger partial charge in [-0.15, -0.1) is 6.58 Å². The van der Waals surface area contributed by atoms with Crippen LogP contribution >= 0.6 is 19.4 Å². The van der Waals surface area contributed by atoms with Gasteiger partial charge in [-0.2, -0.15) is 0 Å². The Morgan fingerprint density at radius 2 is 2.00 bits per heavy atom. The highest BCUT2D eigenvalue weighted by molar-refractivity contribution is 7.48. The Labute approximate surface area is 125 Å². The first-order chi connectivity index (χ1) is 9.61. The molecule has 0 aromatic heterocycles. The van der Waals surface area contributed by atoms with Gasteiger partial charge in [0.1, 0.15) is 5.75 Å². The van der Waals surface area contributed by atoms with E-state index >= 15 is 0 Å². The zero-order valence-corrected chi connectivity index (χ0v) is 13.2. The zero-order chi connectivity index (χ0) is 14.8. The van der Waals surface area contributed by atoms with Gasteiger partial charge in [0.25, 0.3) is 0 Å². The number of benzene rings is 1. The number of halogens is 1. The minimum atomic E-state index is -3.66. The second-order valence-corrected chi connectivity index (χ2v) is 6.07. The Balaban J connectivity index is 2.72. The van der Waals surface area contributed by atoms with Crippen LogP contribution in [0.2, 0.25) is 5.02 Å². The molecule has 0 aliphatic carbocycles. The summed E-state index contributed by atoms with van der Waals surface area (Å²) in [4.78, 5) is 0. The zero-order valence-electron chi connectivity index (χ0n) is 11.6. The van der Waals surface area contributed by atoms with Crippen molar-refractivity contribution >= 4 is 19.4 Å². The lowest BCUT2D eigenvalue weighted by molar-refractivity contribution is 0.155. The summed E-state index contributed by atoms with van der Waals surface area (Å²) in [5, 5.41) is 0.360. The average Bonchev–Trinajstić information content (AvgIpc) is 2.42. The molecule has 0 fully saturated rings. The maximum Gasteiger partial charge on any atom is 0.530 e. The summed E-state index contributed by atoms with van der Waals surface area (Å²) in [6, 6.07) is 6.77. The van der Waals surface area contributed by atoms with Gasteiger partial charge in [0.05, 0.1) is 18.2 Å². The Morgan fingerprint density at radius 1 is 1.30 bits per heavy atom. The summed E-state index contributed by atoms with van der Waals surface area (Å²) in [5.74, 6) is 0.285. The van der Waals surface area contributed by atoms with Crippen molar-refractivity contribution in [1.82, 2.24) is 0 Å². The normalized spacial score (nSPS) is 13.7. The van der Waals surface area contributed by atoms with Gasteiger partial charge in [-0.1, -0.05) is 43.2 Å². The summed E-state index contributed by atoms with van der Waals surface area (Å²) < 4.78 is 28.4. The van der Waals surface area contributed by atoms with E-state index in [-0.39, 0.29) is 12.4 Å². The van der Waals surface area contributed by atoms with Crippen molar-refractivity contribution in [3.63, 3.8) is 0 Å². The molecule has 1 atom stereocenters. The third-order valence-corrected chi connectivity index (χ3v) is 4.10. The van der Waals surface area contributed by atoms with Crippen LogP contribution in [0, 0.1) is 0 Å².